The number of hydrogen-bond acceptors (Lipinski definition) is 3. The molecular weight excluding hydrogens is 323 g/mol. The first-order valence-corrected chi connectivity index (χ1v) is 7.63. The van der Waals surface area contributed by atoms with Gasteiger partial charge in [-0.05, 0) is 47.8 Å². The third kappa shape index (κ3) is 3.37. The van der Waals surface area contributed by atoms with E-state index in [4.69, 9.17) is 4.74 Å². The van der Waals surface area contributed by atoms with Gasteiger partial charge in [0.1, 0.15) is 5.75 Å². The van der Waals surface area contributed by atoms with Crippen molar-refractivity contribution < 1.29 is 17.9 Å². The smallest absolute Gasteiger partial charge is 0.416 e. The van der Waals surface area contributed by atoms with Crippen molar-refractivity contribution in [1.29, 1.82) is 0 Å². The number of hydrogen-bond donors (Lipinski definition) is 0. The quantitative estimate of drug-likeness (QED) is 0.630. The van der Waals surface area contributed by atoms with Gasteiger partial charge >= 0.3 is 6.18 Å². The fraction of sp³-hybridized carbons (Fsp3) is 0.118. The van der Waals surface area contributed by atoms with Crippen molar-refractivity contribution >= 4 is 11.3 Å². The lowest BCUT2D eigenvalue weighted by atomic mass is 10.1. The summed E-state index contributed by atoms with van der Waals surface area (Å²) in [5.41, 5.74) is 0.503. The molecule has 6 heteroatoms. The number of nitrogens with zero attached hydrogens (tertiary/aromatic N) is 1. The first kappa shape index (κ1) is 15.6. The lowest BCUT2D eigenvalue weighted by molar-refractivity contribution is -0.137. The van der Waals surface area contributed by atoms with Crippen LogP contribution in [0.1, 0.15) is 5.56 Å². The Balaban J connectivity index is 2.13. The molecular formula is C17H12F3NOS. The number of ether oxygens (including phenoxy) is 1. The van der Waals surface area contributed by atoms with Crippen LogP contribution in [0.4, 0.5) is 13.2 Å². The summed E-state index contributed by atoms with van der Waals surface area (Å²) >= 11 is 1.36. The monoisotopic (exact) mass is 335 g/mol. The molecule has 0 aliphatic carbocycles. The molecule has 1 aromatic carbocycles. The lowest BCUT2D eigenvalue weighted by Crippen LogP contribution is -2.06. The highest BCUT2D eigenvalue weighted by Gasteiger charge is 2.32. The Labute approximate surface area is 135 Å². The summed E-state index contributed by atoms with van der Waals surface area (Å²) < 4.78 is 44.6. The van der Waals surface area contributed by atoms with Crippen LogP contribution in [0.2, 0.25) is 0 Å². The molecule has 0 saturated carbocycles. The van der Waals surface area contributed by atoms with Crippen LogP contribution in [0.3, 0.4) is 0 Å². The van der Waals surface area contributed by atoms with Gasteiger partial charge in [0.05, 0.1) is 28.9 Å². The van der Waals surface area contributed by atoms with E-state index in [0.717, 1.165) is 12.1 Å². The van der Waals surface area contributed by atoms with E-state index in [-0.39, 0.29) is 5.69 Å². The van der Waals surface area contributed by atoms with Gasteiger partial charge < -0.3 is 4.74 Å². The standard InChI is InChI=1S/C17H12F3NOS/c1-22-13-6-4-11(5-7-13)14-9-12(17(18,19)20)10-15(21-14)16-3-2-8-23-16/h2-10H,1H3. The topological polar surface area (TPSA) is 22.1 Å². The first-order chi connectivity index (χ1) is 11.0. The van der Waals surface area contributed by atoms with Crippen molar-refractivity contribution in [2.24, 2.45) is 0 Å². The van der Waals surface area contributed by atoms with Gasteiger partial charge in [0.2, 0.25) is 0 Å². The predicted octanol–water partition coefficient (Wildman–Crippen LogP) is 5.50. The average molecular weight is 335 g/mol. The maximum atomic E-state index is 13.2. The molecule has 0 N–H and O–H groups in total. The summed E-state index contributed by atoms with van der Waals surface area (Å²) in [5, 5.41) is 1.81. The molecule has 0 aliphatic rings. The second-order valence-corrected chi connectivity index (χ2v) is 5.78. The van der Waals surface area contributed by atoms with Crippen LogP contribution in [0.15, 0.2) is 53.9 Å². The van der Waals surface area contributed by atoms with E-state index in [9.17, 15) is 13.2 Å². The Bertz CT molecular complexity index is 796. The highest BCUT2D eigenvalue weighted by Crippen LogP contribution is 2.35. The van der Waals surface area contributed by atoms with Crippen LogP contribution in [-0.4, -0.2) is 12.1 Å². The fourth-order valence-corrected chi connectivity index (χ4v) is 2.84. The zero-order valence-corrected chi connectivity index (χ0v) is 12.9. The minimum atomic E-state index is -4.42. The lowest BCUT2D eigenvalue weighted by Gasteiger charge is -2.11. The van der Waals surface area contributed by atoms with E-state index in [0.29, 0.717) is 21.9 Å². The van der Waals surface area contributed by atoms with Crippen molar-refractivity contribution in [1.82, 2.24) is 4.98 Å². The largest absolute Gasteiger partial charge is 0.497 e. The van der Waals surface area contributed by atoms with Crippen LogP contribution < -0.4 is 4.74 Å². The summed E-state index contributed by atoms with van der Waals surface area (Å²) in [6.45, 7) is 0. The number of rotatable bonds is 3. The molecule has 3 aromatic rings. The van der Waals surface area contributed by atoms with Gasteiger partial charge in [-0.25, -0.2) is 4.98 Å². The van der Waals surface area contributed by atoms with Crippen molar-refractivity contribution in [2.75, 3.05) is 7.11 Å². The molecule has 0 atom stereocenters. The second-order valence-electron chi connectivity index (χ2n) is 4.83. The molecule has 0 bridgehead atoms. The van der Waals surface area contributed by atoms with Gasteiger partial charge in [-0.1, -0.05) is 6.07 Å². The highest BCUT2D eigenvalue weighted by molar-refractivity contribution is 7.13. The molecule has 23 heavy (non-hydrogen) atoms. The number of methoxy groups -OCH3 is 1. The van der Waals surface area contributed by atoms with Crippen molar-refractivity contribution in [2.45, 2.75) is 6.18 Å². The first-order valence-electron chi connectivity index (χ1n) is 6.75. The minimum Gasteiger partial charge on any atom is -0.497 e. The number of alkyl halides is 3. The molecule has 0 fully saturated rings. The molecule has 3 rings (SSSR count). The van der Waals surface area contributed by atoms with Gasteiger partial charge in [-0.2, -0.15) is 13.2 Å². The third-order valence-corrected chi connectivity index (χ3v) is 4.20. The Hall–Kier alpha value is -2.34. The fourth-order valence-electron chi connectivity index (χ4n) is 2.15. The van der Waals surface area contributed by atoms with Crippen molar-refractivity contribution in [3.8, 4) is 27.6 Å². The van der Waals surface area contributed by atoms with Crippen LogP contribution in [0.25, 0.3) is 21.8 Å². The molecule has 2 aromatic heterocycles. The Morgan fingerprint density at radius 3 is 2.26 bits per heavy atom. The Morgan fingerprint density at radius 1 is 1.00 bits per heavy atom. The van der Waals surface area contributed by atoms with Gasteiger partial charge in [0, 0.05) is 5.56 Å². The van der Waals surface area contributed by atoms with E-state index < -0.39 is 11.7 Å². The van der Waals surface area contributed by atoms with Crippen LogP contribution in [-0.2, 0) is 6.18 Å². The molecule has 118 valence electrons. The van der Waals surface area contributed by atoms with Gasteiger partial charge in [-0.3, -0.25) is 0 Å². The molecule has 2 heterocycles. The zero-order valence-electron chi connectivity index (χ0n) is 12.1. The van der Waals surface area contributed by atoms with Gasteiger partial charge in [0.15, 0.2) is 0 Å². The van der Waals surface area contributed by atoms with Gasteiger partial charge in [-0.15, -0.1) is 11.3 Å². The van der Waals surface area contributed by atoms with Crippen molar-refractivity contribution in [3.05, 3.63) is 59.5 Å². The van der Waals surface area contributed by atoms with E-state index in [1.165, 1.54) is 18.4 Å². The summed E-state index contributed by atoms with van der Waals surface area (Å²) in [5.74, 6) is 0.638. The summed E-state index contributed by atoms with van der Waals surface area (Å²) in [7, 11) is 1.53. The molecule has 0 radical (unpaired) electrons. The Morgan fingerprint density at radius 2 is 1.70 bits per heavy atom. The number of benzene rings is 1. The van der Waals surface area contributed by atoms with Crippen LogP contribution in [0.5, 0.6) is 5.75 Å². The van der Waals surface area contributed by atoms with Crippen LogP contribution >= 0.6 is 11.3 Å². The average Bonchev–Trinajstić information content (AvgIpc) is 3.08. The molecule has 0 amide bonds. The van der Waals surface area contributed by atoms with Crippen LogP contribution in [0, 0.1) is 0 Å². The summed E-state index contributed by atoms with van der Waals surface area (Å²) in [4.78, 5) is 5.08. The maximum absolute atomic E-state index is 13.2. The molecule has 0 unspecified atom stereocenters. The van der Waals surface area contributed by atoms with E-state index in [2.05, 4.69) is 4.98 Å². The number of aromatic nitrogens is 1. The van der Waals surface area contributed by atoms with E-state index in [1.807, 2.05) is 5.38 Å². The van der Waals surface area contributed by atoms with Gasteiger partial charge in [0.25, 0.3) is 0 Å². The number of thiophene rings is 1. The minimum absolute atomic E-state index is 0.283. The summed E-state index contributed by atoms with van der Waals surface area (Å²) in [6, 6.07) is 12.5. The Kier molecular flexibility index (Phi) is 4.09. The number of halogens is 3. The zero-order chi connectivity index (χ0) is 16.4. The highest BCUT2D eigenvalue weighted by atomic mass is 32.1. The molecule has 0 aliphatic heterocycles. The molecule has 0 saturated heterocycles. The normalized spacial score (nSPS) is 11.5. The summed E-state index contributed by atoms with van der Waals surface area (Å²) in [6.07, 6.45) is -4.42. The predicted molar refractivity (Wildman–Crippen MR) is 84.5 cm³/mol. The maximum Gasteiger partial charge on any atom is 0.416 e. The SMILES string of the molecule is COc1ccc(-c2cc(C(F)(F)F)cc(-c3cccs3)n2)cc1. The van der Waals surface area contributed by atoms with Crippen molar-refractivity contribution in [3.63, 3.8) is 0 Å². The molecule has 0 spiro atoms. The second kappa shape index (κ2) is 6.04. The molecule has 2 nitrogen and oxygen atoms in total. The number of pyridine rings is 1. The van der Waals surface area contributed by atoms with E-state index in [1.54, 1.807) is 36.4 Å². The van der Waals surface area contributed by atoms with E-state index >= 15 is 0 Å². The third-order valence-electron chi connectivity index (χ3n) is 3.31.